The standard InChI is InChI=1S/C15H27N3O2.ClH/c1-11(12-5-4-7-16-10-12)9-14(19)18-13-6-2-3-8-17-15(13)20;/h11-13,16H,2-10H2,1H3,(H,17,20)(H,18,19);1H. The highest BCUT2D eigenvalue weighted by atomic mass is 35.5. The summed E-state index contributed by atoms with van der Waals surface area (Å²) < 4.78 is 0. The Morgan fingerprint density at radius 1 is 1.29 bits per heavy atom. The molecule has 0 aromatic heterocycles. The predicted molar refractivity (Wildman–Crippen MR) is 85.4 cm³/mol. The zero-order valence-electron chi connectivity index (χ0n) is 12.8. The summed E-state index contributed by atoms with van der Waals surface area (Å²) in [6, 6.07) is -0.332. The minimum atomic E-state index is -0.332. The molecule has 21 heavy (non-hydrogen) atoms. The first-order valence-corrected chi connectivity index (χ1v) is 7.94. The van der Waals surface area contributed by atoms with Gasteiger partial charge in [0.1, 0.15) is 6.04 Å². The molecule has 2 saturated heterocycles. The van der Waals surface area contributed by atoms with Crippen molar-refractivity contribution in [3.63, 3.8) is 0 Å². The molecule has 3 atom stereocenters. The van der Waals surface area contributed by atoms with Crippen molar-refractivity contribution in [3.05, 3.63) is 0 Å². The van der Waals surface area contributed by atoms with Crippen LogP contribution in [0, 0.1) is 11.8 Å². The van der Waals surface area contributed by atoms with Crippen molar-refractivity contribution in [2.75, 3.05) is 19.6 Å². The second-order valence-corrected chi connectivity index (χ2v) is 6.19. The Morgan fingerprint density at radius 3 is 2.81 bits per heavy atom. The summed E-state index contributed by atoms with van der Waals surface area (Å²) in [6.45, 7) is 4.98. The molecule has 3 unspecified atom stereocenters. The molecule has 0 radical (unpaired) electrons. The van der Waals surface area contributed by atoms with Crippen LogP contribution in [-0.2, 0) is 9.59 Å². The Balaban J connectivity index is 0.00000220. The Morgan fingerprint density at radius 2 is 2.10 bits per heavy atom. The Kier molecular flexibility index (Phi) is 8.04. The summed E-state index contributed by atoms with van der Waals surface area (Å²) in [4.78, 5) is 23.9. The number of halogens is 1. The molecular formula is C15H28ClN3O2. The van der Waals surface area contributed by atoms with Gasteiger partial charge in [-0.25, -0.2) is 0 Å². The third-order valence-corrected chi connectivity index (χ3v) is 4.52. The molecule has 2 amide bonds. The highest BCUT2D eigenvalue weighted by molar-refractivity contribution is 5.87. The van der Waals surface area contributed by atoms with Crippen LogP contribution in [0.15, 0.2) is 0 Å². The van der Waals surface area contributed by atoms with Crippen LogP contribution in [0.2, 0.25) is 0 Å². The first-order valence-electron chi connectivity index (χ1n) is 7.94. The van der Waals surface area contributed by atoms with E-state index in [-0.39, 0.29) is 30.3 Å². The van der Waals surface area contributed by atoms with Crippen molar-refractivity contribution in [2.45, 2.75) is 51.5 Å². The van der Waals surface area contributed by atoms with Crippen LogP contribution in [-0.4, -0.2) is 37.5 Å². The zero-order valence-corrected chi connectivity index (χ0v) is 13.6. The van der Waals surface area contributed by atoms with Gasteiger partial charge in [0.25, 0.3) is 0 Å². The van der Waals surface area contributed by atoms with Crippen LogP contribution in [0.5, 0.6) is 0 Å². The topological polar surface area (TPSA) is 70.2 Å². The number of carbonyl (C=O) groups is 2. The summed E-state index contributed by atoms with van der Waals surface area (Å²) >= 11 is 0. The molecule has 122 valence electrons. The van der Waals surface area contributed by atoms with E-state index in [1.165, 1.54) is 12.8 Å². The summed E-state index contributed by atoms with van der Waals surface area (Å²) in [5.74, 6) is 0.946. The molecule has 2 aliphatic heterocycles. The maximum atomic E-state index is 12.1. The lowest BCUT2D eigenvalue weighted by Crippen LogP contribution is -2.46. The lowest BCUT2D eigenvalue weighted by Gasteiger charge is -2.28. The summed E-state index contributed by atoms with van der Waals surface area (Å²) in [7, 11) is 0. The van der Waals surface area contributed by atoms with E-state index >= 15 is 0 Å². The smallest absolute Gasteiger partial charge is 0.242 e. The van der Waals surface area contributed by atoms with Gasteiger partial charge in [-0.2, -0.15) is 0 Å². The molecule has 3 N–H and O–H groups in total. The van der Waals surface area contributed by atoms with Crippen LogP contribution >= 0.6 is 12.4 Å². The Bertz CT molecular complexity index is 346. The fraction of sp³-hybridized carbons (Fsp3) is 0.867. The fourth-order valence-electron chi connectivity index (χ4n) is 3.15. The number of piperidine rings is 1. The number of amides is 2. The Labute approximate surface area is 133 Å². The van der Waals surface area contributed by atoms with Crippen molar-refractivity contribution >= 4 is 24.2 Å². The molecule has 0 spiro atoms. The van der Waals surface area contributed by atoms with Gasteiger partial charge in [-0.05, 0) is 57.0 Å². The maximum absolute atomic E-state index is 12.1. The fourth-order valence-corrected chi connectivity index (χ4v) is 3.15. The first kappa shape index (κ1) is 18.2. The number of hydrogen-bond acceptors (Lipinski definition) is 3. The molecule has 2 heterocycles. The van der Waals surface area contributed by atoms with E-state index < -0.39 is 0 Å². The molecule has 2 aliphatic rings. The molecule has 0 aromatic carbocycles. The third kappa shape index (κ3) is 5.83. The summed E-state index contributed by atoms with van der Waals surface area (Å²) in [5.41, 5.74) is 0. The van der Waals surface area contributed by atoms with Crippen LogP contribution < -0.4 is 16.0 Å². The Hall–Kier alpha value is -0.810. The minimum Gasteiger partial charge on any atom is -0.354 e. The van der Waals surface area contributed by atoms with Gasteiger partial charge in [0.2, 0.25) is 11.8 Å². The van der Waals surface area contributed by atoms with Crippen molar-refractivity contribution in [1.82, 2.24) is 16.0 Å². The van der Waals surface area contributed by atoms with Gasteiger partial charge in [0.15, 0.2) is 0 Å². The number of nitrogens with one attached hydrogen (secondary N) is 3. The van der Waals surface area contributed by atoms with E-state index in [0.717, 1.165) is 38.9 Å². The molecule has 0 bridgehead atoms. The first-order chi connectivity index (χ1) is 9.66. The van der Waals surface area contributed by atoms with Gasteiger partial charge < -0.3 is 16.0 Å². The van der Waals surface area contributed by atoms with Crippen LogP contribution in [0.3, 0.4) is 0 Å². The van der Waals surface area contributed by atoms with E-state index in [1.807, 2.05) is 0 Å². The average molecular weight is 318 g/mol. The largest absolute Gasteiger partial charge is 0.354 e. The monoisotopic (exact) mass is 317 g/mol. The van der Waals surface area contributed by atoms with Gasteiger partial charge in [0, 0.05) is 13.0 Å². The van der Waals surface area contributed by atoms with Crippen molar-refractivity contribution in [2.24, 2.45) is 11.8 Å². The molecule has 2 fully saturated rings. The van der Waals surface area contributed by atoms with E-state index in [1.54, 1.807) is 0 Å². The number of carbonyl (C=O) groups excluding carboxylic acids is 2. The SMILES string of the molecule is CC(CC(=O)NC1CCCCNC1=O)C1CCCNC1.Cl. The molecule has 0 aromatic rings. The quantitative estimate of drug-likeness (QED) is 0.730. The van der Waals surface area contributed by atoms with Crippen LogP contribution in [0.1, 0.15) is 45.4 Å². The van der Waals surface area contributed by atoms with Crippen molar-refractivity contribution in [3.8, 4) is 0 Å². The highest BCUT2D eigenvalue weighted by Crippen LogP contribution is 2.22. The average Bonchev–Trinajstić information content (AvgIpc) is 2.65. The lowest BCUT2D eigenvalue weighted by atomic mass is 9.85. The maximum Gasteiger partial charge on any atom is 0.242 e. The number of hydrogen-bond donors (Lipinski definition) is 3. The van der Waals surface area contributed by atoms with Crippen molar-refractivity contribution in [1.29, 1.82) is 0 Å². The highest BCUT2D eigenvalue weighted by Gasteiger charge is 2.25. The van der Waals surface area contributed by atoms with E-state index in [4.69, 9.17) is 0 Å². The van der Waals surface area contributed by atoms with Crippen LogP contribution in [0.4, 0.5) is 0 Å². The second-order valence-electron chi connectivity index (χ2n) is 6.19. The number of rotatable bonds is 4. The predicted octanol–water partition coefficient (Wildman–Crippen LogP) is 1.22. The van der Waals surface area contributed by atoms with Crippen LogP contribution in [0.25, 0.3) is 0 Å². The van der Waals surface area contributed by atoms with Gasteiger partial charge in [-0.15, -0.1) is 12.4 Å². The van der Waals surface area contributed by atoms with Gasteiger partial charge >= 0.3 is 0 Å². The van der Waals surface area contributed by atoms with E-state index in [2.05, 4.69) is 22.9 Å². The molecular weight excluding hydrogens is 290 g/mol. The van der Waals surface area contributed by atoms with E-state index in [9.17, 15) is 9.59 Å². The molecule has 2 rings (SSSR count). The summed E-state index contributed by atoms with van der Waals surface area (Å²) in [5, 5.41) is 9.15. The van der Waals surface area contributed by atoms with Gasteiger partial charge in [-0.3, -0.25) is 9.59 Å². The normalized spacial score (nSPS) is 27.8. The van der Waals surface area contributed by atoms with Gasteiger partial charge in [0.05, 0.1) is 0 Å². The van der Waals surface area contributed by atoms with E-state index in [0.29, 0.717) is 18.3 Å². The van der Waals surface area contributed by atoms with Crippen molar-refractivity contribution < 1.29 is 9.59 Å². The molecule has 5 nitrogen and oxygen atoms in total. The zero-order chi connectivity index (χ0) is 14.4. The third-order valence-electron chi connectivity index (χ3n) is 4.52. The minimum absolute atomic E-state index is 0. The van der Waals surface area contributed by atoms with Gasteiger partial charge in [-0.1, -0.05) is 6.92 Å². The summed E-state index contributed by atoms with van der Waals surface area (Å²) in [6.07, 6.45) is 5.67. The molecule has 6 heteroatoms. The molecule has 0 saturated carbocycles. The lowest BCUT2D eigenvalue weighted by molar-refractivity contribution is -0.129. The second kappa shape index (κ2) is 9.26. The molecule has 0 aliphatic carbocycles.